The highest BCUT2D eigenvalue weighted by Gasteiger charge is 2.24. The van der Waals surface area contributed by atoms with Crippen LogP contribution in [-0.2, 0) is 24.3 Å². The molecule has 0 saturated heterocycles. The maximum atomic E-state index is 12.5. The van der Waals surface area contributed by atoms with E-state index in [1.54, 1.807) is 30.3 Å². The van der Waals surface area contributed by atoms with E-state index in [0.717, 1.165) is 22.7 Å². The molecular weight excluding hydrogens is 380 g/mol. The van der Waals surface area contributed by atoms with Crippen molar-refractivity contribution in [1.82, 2.24) is 15.1 Å². The average molecular weight is 404 g/mol. The number of aromatic nitrogens is 2. The van der Waals surface area contributed by atoms with Crippen LogP contribution in [0, 0.1) is 0 Å². The minimum Gasteiger partial charge on any atom is -0.496 e. The molecule has 0 spiro atoms. The normalized spacial score (nSPS) is 13.1. The fourth-order valence-corrected chi connectivity index (χ4v) is 3.63. The molecule has 0 radical (unpaired) electrons. The number of carbonyl (C=O) groups excluding carboxylic acids is 2. The first-order chi connectivity index (χ1) is 14.7. The van der Waals surface area contributed by atoms with Gasteiger partial charge in [0.05, 0.1) is 26.4 Å². The van der Waals surface area contributed by atoms with Crippen molar-refractivity contribution in [3.8, 4) is 5.75 Å². The summed E-state index contributed by atoms with van der Waals surface area (Å²) in [7, 11) is 1.64. The molecule has 2 aromatic carbocycles. The second-order valence-corrected chi connectivity index (χ2v) is 7.16. The van der Waals surface area contributed by atoms with Gasteiger partial charge in [0.2, 0.25) is 5.91 Å². The van der Waals surface area contributed by atoms with Crippen molar-refractivity contribution in [2.24, 2.45) is 0 Å². The summed E-state index contributed by atoms with van der Waals surface area (Å²) in [6.45, 7) is 1.60. The van der Waals surface area contributed by atoms with E-state index < -0.39 is 0 Å². The van der Waals surface area contributed by atoms with Crippen LogP contribution < -0.4 is 15.0 Å². The van der Waals surface area contributed by atoms with Gasteiger partial charge in [-0.1, -0.05) is 30.3 Å². The van der Waals surface area contributed by atoms with Crippen LogP contribution in [0.4, 0.5) is 5.82 Å². The maximum Gasteiger partial charge on any atom is 0.251 e. The minimum absolute atomic E-state index is 0.0844. The van der Waals surface area contributed by atoms with E-state index in [1.807, 2.05) is 47.1 Å². The molecule has 0 saturated carbocycles. The van der Waals surface area contributed by atoms with Gasteiger partial charge >= 0.3 is 0 Å². The monoisotopic (exact) mass is 404 g/mol. The van der Waals surface area contributed by atoms with Crippen LogP contribution in [0.2, 0.25) is 0 Å². The van der Waals surface area contributed by atoms with E-state index in [2.05, 4.69) is 10.4 Å². The van der Waals surface area contributed by atoms with Gasteiger partial charge in [0.1, 0.15) is 11.6 Å². The molecule has 7 heteroatoms. The molecular formula is C23H24N4O3. The third-order valence-corrected chi connectivity index (χ3v) is 5.24. The minimum atomic E-state index is -0.122. The Hall–Kier alpha value is -3.61. The molecule has 30 heavy (non-hydrogen) atoms. The Morgan fingerprint density at radius 3 is 2.73 bits per heavy atom. The number of nitrogens with one attached hydrogen (secondary N) is 1. The lowest BCUT2D eigenvalue weighted by Gasteiger charge is -2.27. The number of para-hydroxylation sites is 1. The van der Waals surface area contributed by atoms with Gasteiger partial charge in [-0.15, -0.1) is 0 Å². The molecule has 2 heterocycles. The van der Waals surface area contributed by atoms with E-state index in [-0.39, 0.29) is 11.8 Å². The summed E-state index contributed by atoms with van der Waals surface area (Å²) in [5.74, 6) is 1.60. The Morgan fingerprint density at radius 2 is 1.93 bits per heavy atom. The van der Waals surface area contributed by atoms with Crippen LogP contribution in [0.1, 0.15) is 27.9 Å². The third kappa shape index (κ3) is 4.20. The predicted molar refractivity (Wildman–Crippen MR) is 114 cm³/mol. The number of rotatable bonds is 7. The number of carbonyl (C=O) groups is 2. The van der Waals surface area contributed by atoms with Gasteiger partial charge in [-0.05, 0) is 35.7 Å². The van der Waals surface area contributed by atoms with Gasteiger partial charge in [0.15, 0.2) is 0 Å². The van der Waals surface area contributed by atoms with E-state index in [1.165, 1.54) is 0 Å². The zero-order valence-electron chi connectivity index (χ0n) is 16.9. The van der Waals surface area contributed by atoms with Crippen molar-refractivity contribution in [3.63, 3.8) is 0 Å². The third-order valence-electron chi connectivity index (χ3n) is 5.24. The molecule has 154 valence electrons. The number of hydrogen-bond acceptors (Lipinski definition) is 4. The lowest BCUT2D eigenvalue weighted by molar-refractivity contribution is -0.119. The predicted octanol–water partition coefficient (Wildman–Crippen LogP) is 2.80. The number of hydrogen-bond donors (Lipinski definition) is 1. The molecule has 0 unspecified atom stereocenters. The van der Waals surface area contributed by atoms with Gasteiger partial charge < -0.3 is 10.1 Å². The Labute approximate surface area is 175 Å². The van der Waals surface area contributed by atoms with Crippen LogP contribution >= 0.6 is 0 Å². The smallest absolute Gasteiger partial charge is 0.251 e. The molecule has 4 rings (SSSR count). The first-order valence-electron chi connectivity index (χ1n) is 9.97. The number of nitrogens with zero attached hydrogens (tertiary/aromatic N) is 3. The summed E-state index contributed by atoms with van der Waals surface area (Å²) in [5, 5.41) is 7.19. The number of amides is 2. The lowest BCUT2D eigenvalue weighted by atomic mass is 10.1. The Kier molecular flexibility index (Phi) is 5.79. The number of methoxy groups -OCH3 is 1. The first-order valence-corrected chi connectivity index (χ1v) is 9.97. The van der Waals surface area contributed by atoms with Crippen LogP contribution in [0.5, 0.6) is 5.75 Å². The van der Waals surface area contributed by atoms with Crippen LogP contribution in [-0.4, -0.2) is 35.2 Å². The highest BCUT2D eigenvalue weighted by Crippen LogP contribution is 2.23. The molecule has 7 nitrogen and oxygen atoms in total. The summed E-state index contributed by atoms with van der Waals surface area (Å²) in [6, 6.07) is 17.0. The molecule has 1 aromatic heterocycles. The van der Waals surface area contributed by atoms with E-state index in [0.29, 0.717) is 38.0 Å². The SMILES string of the molecule is COc1ccccc1CCNC(=O)c1ccc(CN2C(=O)CCn3nccc32)cc1. The topological polar surface area (TPSA) is 76.5 Å². The van der Waals surface area contributed by atoms with Gasteiger partial charge in [0, 0.05) is 24.6 Å². The summed E-state index contributed by atoms with van der Waals surface area (Å²) in [6.07, 6.45) is 2.85. The summed E-state index contributed by atoms with van der Waals surface area (Å²) in [4.78, 5) is 26.5. The number of aryl methyl sites for hydroxylation is 1. The summed E-state index contributed by atoms with van der Waals surface area (Å²) < 4.78 is 7.18. The average Bonchev–Trinajstić information content (AvgIpc) is 3.25. The van der Waals surface area contributed by atoms with Crippen LogP contribution in [0.15, 0.2) is 60.8 Å². The quantitative estimate of drug-likeness (QED) is 0.657. The molecule has 1 N–H and O–H groups in total. The standard InChI is InChI=1S/C23H24N4O3/c1-30-20-5-3-2-4-18(20)10-13-24-23(29)19-8-6-17(7-9-19)16-26-21-11-14-25-27(21)15-12-22(26)28/h2-9,11,14H,10,12-13,15-16H2,1H3,(H,24,29). The molecule has 0 bridgehead atoms. The maximum absolute atomic E-state index is 12.5. The van der Waals surface area contributed by atoms with E-state index in [4.69, 9.17) is 4.74 Å². The highest BCUT2D eigenvalue weighted by molar-refractivity contribution is 5.95. The van der Waals surface area contributed by atoms with Gasteiger partial charge in [0.25, 0.3) is 5.91 Å². The molecule has 1 aliphatic rings. The van der Waals surface area contributed by atoms with Crippen LogP contribution in [0.3, 0.4) is 0 Å². The van der Waals surface area contributed by atoms with Crippen molar-refractivity contribution in [1.29, 1.82) is 0 Å². The van der Waals surface area contributed by atoms with Crippen molar-refractivity contribution in [2.75, 3.05) is 18.6 Å². The Bertz CT molecular complexity index is 1040. The number of anilines is 1. The number of benzene rings is 2. The molecule has 0 aliphatic carbocycles. The Morgan fingerprint density at radius 1 is 1.13 bits per heavy atom. The molecule has 0 atom stereocenters. The number of ether oxygens (including phenoxy) is 1. The highest BCUT2D eigenvalue weighted by atomic mass is 16.5. The zero-order chi connectivity index (χ0) is 20.9. The second-order valence-electron chi connectivity index (χ2n) is 7.16. The fourth-order valence-electron chi connectivity index (χ4n) is 3.63. The first kappa shape index (κ1) is 19.7. The molecule has 2 amide bonds. The van der Waals surface area contributed by atoms with Crippen molar-refractivity contribution >= 4 is 17.6 Å². The van der Waals surface area contributed by atoms with E-state index >= 15 is 0 Å². The largest absolute Gasteiger partial charge is 0.496 e. The second kappa shape index (κ2) is 8.82. The molecule has 0 fully saturated rings. The Balaban J connectivity index is 1.34. The van der Waals surface area contributed by atoms with Gasteiger partial charge in [-0.2, -0.15) is 5.10 Å². The fraction of sp³-hybridized carbons (Fsp3) is 0.261. The van der Waals surface area contributed by atoms with Crippen molar-refractivity contribution in [3.05, 3.63) is 77.5 Å². The summed E-state index contributed by atoms with van der Waals surface area (Å²) in [5.41, 5.74) is 2.61. The molecule has 1 aliphatic heterocycles. The lowest BCUT2D eigenvalue weighted by Crippen LogP contribution is -2.36. The molecule has 3 aromatic rings. The van der Waals surface area contributed by atoms with Crippen molar-refractivity contribution < 1.29 is 14.3 Å². The zero-order valence-corrected chi connectivity index (χ0v) is 16.9. The van der Waals surface area contributed by atoms with Gasteiger partial charge in [-0.3, -0.25) is 14.5 Å². The summed E-state index contributed by atoms with van der Waals surface area (Å²) >= 11 is 0. The van der Waals surface area contributed by atoms with E-state index in [9.17, 15) is 9.59 Å². The van der Waals surface area contributed by atoms with Gasteiger partial charge in [-0.25, -0.2) is 4.68 Å². The van der Waals surface area contributed by atoms with Crippen molar-refractivity contribution in [2.45, 2.75) is 25.9 Å². The van der Waals surface area contributed by atoms with Crippen LogP contribution in [0.25, 0.3) is 0 Å². The number of fused-ring (bicyclic) bond motifs is 1.